The third kappa shape index (κ3) is 4.50. The summed E-state index contributed by atoms with van der Waals surface area (Å²) < 4.78 is 8.43. The van der Waals surface area contributed by atoms with Gasteiger partial charge in [0.15, 0.2) is 0 Å². The molecule has 1 saturated heterocycles. The highest BCUT2D eigenvalue weighted by molar-refractivity contribution is 9.10. The number of aryl methyl sites for hydroxylation is 1. The van der Waals surface area contributed by atoms with Crippen LogP contribution in [0.2, 0.25) is 0 Å². The summed E-state index contributed by atoms with van der Waals surface area (Å²) >= 11 is 3.46. The average Bonchev–Trinajstić information content (AvgIpc) is 3.20. The van der Waals surface area contributed by atoms with E-state index in [-0.39, 0.29) is 5.91 Å². The minimum absolute atomic E-state index is 0.178. The molecule has 0 aliphatic carbocycles. The van der Waals surface area contributed by atoms with Gasteiger partial charge in [-0.1, -0.05) is 12.1 Å². The van der Waals surface area contributed by atoms with E-state index >= 15 is 0 Å². The standard InChI is InChI=1S/C20H23BrN6O2/c1-15-13-18(27-20(24-15)22-14-23-27)25-8-10-26(11-9-25)19(28)7-4-12-29-17-6-3-2-5-16(17)21/h2-3,5-6,13-14H,4,7-12H2,1H3. The monoisotopic (exact) mass is 458 g/mol. The van der Waals surface area contributed by atoms with E-state index in [4.69, 9.17) is 4.74 Å². The van der Waals surface area contributed by atoms with Crippen molar-refractivity contribution in [2.75, 3.05) is 37.7 Å². The highest BCUT2D eigenvalue weighted by Crippen LogP contribution is 2.24. The van der Waals surface area contributed by atoms with Crippen LogP contribution in [0.15, 0.2) is 41.1 Å². The van der Waals surface area contributed by atoms with Gasteiger partial charge in [-0.15, -0.1) is 0 Å². The molecule has 1 amide bonds. The van der Waals surface area contributed by atoms with Crippen molar-refractivity contribution in [3.05, 3.63) is 46.8 Å². The van der Waals surface area contributed by atoms with Gasteiger partial charge in [-0.2, -0.15) is 14.6 Å². The summed E-state index contributed by atoms with van der Waals surface area (Å²) in [6, 6.07) is 9.75. The molecule has 0 spiro atoms. The van der Waals surface area contributed by atoms with Gasteiger partial charge in [0.25, 0.3) is 5.78 Å². The molecule has 0 atom stereocenters. The summed E-state index contributed by atoms with van der Waals surface area (Å²) in [5, 5.41) is 4.27. The number of aromatic nitrogens is 4. The zero-order valence-electron chi connectivity index (χ0n) is 16.3. The Morgan fingerprint density at radius 1 is 1.21 bits per heavy atom. The number of para-hydroxylation sites is 1. The van der Waals surface area contributed by atoms with E-state index in [9.17, 15) is 4.79 Å². The molecule has 0 bridgehead atoms. The second-order valence-corrected chi connectivity index (χ2v) is 7.83. The largest absolute Gasteiger partial charge is 0.492 e. The molecule has 8 nitrogen and oxygen atoms in total. The Morgan fingerprint density at radius 2 is 2.00 bits per heavy atom. The summed E-state index contributed by atoms with van der Waals surface area (Å²) in [6.07, 6.45) is 2.71. The van der Waals surface area contributed by atoms with Crippen molar-refractivity contribution >= 4 is 33.4 Å². The quantitative estimate of drug-likeness (QED) is 0.528. The lowest BCUT2D eigenvalue weighted by molar-refractivity contribution is -0.131. The highest BCUT2D eigenvalue weighted by atomic mass is 79.9. The minimum atomic E-state index is 0.178. The number of nitrogens with zero attached hydrogens (tertiary/aromatic N) is 6. The van der Waals surface area contributed by atoms with Gasteiger partial charge in [0.05, 0.1) is 11.1 Å². The van der Waals surface area contributed by atoms with Gasteiger partial charge in [0.2, 0.25) is 5.91 Å². The Kier molecular flexibility index (Phi) is 5.94. The summed E-state index contributed by atoms with van der Waals surface area (Å²) in [7, 11) is 0. The fourth-order valence-corrected chi connectivity index (χ4v) is 3.85. The van der Waals surface area contributed by atoms with E-state index in [1.165, 1.54) is 6.33 Å². The number of anilines is 1. The van der Waals surface area contributed by atoms with Crippen molar-refractivity contribution in [3.8, 4) is 5.75 Å². The lowest BCUT2D eigenvalue weighted by Crippen LogP contribution is -2.49. The Hall–Kier alpha value is -2.68. The number of hydrogen-bond acceptors (Lipinski definition) is 6. The van der Waals surface area contributed by atoms with Crippen LogP contribution in [0.3, 0.4) is 0 Å². The maximum Gasteiger partial charge on any atom is 0.254 e. The number of amides is 1. The zero-order chi connectivity index (χ0) is 20.2. The van der Waals surface area contributed by atoms with Crippen LogP contribution in [0.4, 0.5) is 5.82 Å². The van der Waals surface area contributed by atoms with Crippen LogP contribution in [-0.2, 0) is 4.79 Å². The van der Waals surface area contributed by atoms with E-state index in [1.807, 2.05) is 42.2 Å². The third-order valence-corrected chi connectivity index (χ3v) is 5.60. The molecule has 1 aliphatic heterocycles. The zero-order valence-corrected chi connectivity index (χ0v) is 17.9. The molecular weight excluding hydrogens is 436 g/mol. The first-order valence-electron chi connectivity index (χ1n) is 9.69. The number of rotatable bonds is 6. The molecule has 9 heteroatoms. The molecule has 152 valence electrons. The van der Waals surface area contributed by atoms with Crippen molar-refractivity contribution in [2.24, 2.45) is 0 Å². The Bertz CT molecular complexity index is 1000. The van der Waals surface area contributed by atoms with Crippen molar-refractivity contribution in [3.63, 3.8) is 0 Å². The Labute approximate surface area is 177 Å². The number of carbonyl (C=O) groups excluding carboxylic acids is 1. The molecule has 0 radical (unpaired) electrons. The van der Waals surface area contributed by atoms with Crippen LogP contribution in [0.1, 0.15) is 18.5 Å². The topological polar surface area (TPSA) is 75.9 Å². The first-order valence-corrected chi connectivity index (χ1v) is 10.5. The lowest BCUT2D eigenvalue weighted by Gasteiger charge is -2.36. The average molecular weight is 459 g/mol. The van der Waals surface area contributed by atoms with Gasteiger partial charge in [-0.25, -0.2) is 4.98 Å². The fraction of sp³-hybridized carbons (Fsp3) is 0.400. The van der Waals surface area contributed by atoms with Crippen LogP contribution in [0.5, 0.6) is 5.75 Å². The van der Waals surface area contributed by atoms with Crippen LogP contribution in [0.25, 0.3) is 5.78 Å². The number of halogens is 1. The van der Waals surface area contributed by atoms with Crippen molar-refractivity contribution in [1.29, 1.82) is 0 Å². The van der Waals surface area contributed by atoms with Gasteiger partial charge in [-0.3, -0.25) is 4.79 Å². The van der Waals surface area contributed by atoms with E-state index in [0.717, 1.165) is 34.8 Å². The smallest absolute Gasteiger partial charge is 0.254 e. The van der Waals surface area contributed by atoms with Crippen molar-refractivity contribution in [1.82, 2.24) is 24.5 Å². The number of carbonyl (C=O) groups is 1. The molecule has 3 heterocycles. The predicted octanol–water partition coefficient (Wildman–Crippen LogP) is 2.70. The molecule has 0 N–H and O–H groups in total. The summed E-state index contributed by atoms with van der Waals surface area (Å²) in [4.78, 5) is 25.3. The van der Waals surface area contributed by atoms with E-state index in [2.05, 4.69) is 35.9 Å². The first-order chi connectivity index (χ1) is 14.1. The van der Waals surface area contributed by atoms with E-state index in [1.54, 1.807) is 4.52 Å². The van der Waals surface area contributed by atoms with Crippen LogP contribution < -0.4 is 9.64 Å². The Balaban J connectivity index is 1.26. The number of piperazine rings is 1. The normalized spacial score (nSPS) is 14.4. The molecule has 2 aromatic heterocycles. The van der Waals surface area contributed by atoms with Gasteiger partial charge < -0.3 is 14.5 Å². The predicted molar refractivity (Wildman–Crippen MR) is 113 cm³/mol. The molecule has 4 rings (SSSR count). The summed E-state index contributed by atoms with van der Waals surface area (Å²) in [5.41, 5.74) is 0.907. The number of fused-ring (bicyclic) bond motifs is 1. The van der Waals surface area contributed by atoms with Gasteiger partial charge in [0.1, 0.15) is 17.9 Å². The highest BCUT2D eigenvalue weighted by Gasteiger charge is 2.23. The molecule has 29 heavy (non-hydrogen) atoms. The first kappa shape index (κ1) is 19.6. The van der Waals surface area contributed by atoms with Crippen molar-refractivity contribution < 1.29 is 9.53 Å². The lowest BCUT2D eigenvalue weighted by atomic mass is 10.2. The van der Waals surface area contributed by atoms with Gasteiger partial charge >= 0.3 is 0 Å². The van der Waals surface area contributed by atoms with E-state index < -0.39 is 0 Å². The second kappa shape index (κ2) is 8.77. The summed E-state index contributed by atoms with van der Waals surface area (Å²) in [6.45, 7) is 5.39. The van der Waals surface area contributed by atoms with Gasteiger partial charge in [0, 0.05) is 44.4 Å². The third-order valence-electron chi connectivity index (χ3n) is 4.95. The number of hydrogen-bond donors (Lipinski definition) is 0. The van der Waals surface area contributed by atoms with Crippen molar-refractivity contribution in [2.45, 2.75) is 19.8 Å². The van der Waals surface area contributed by atoms with Gasteiger partial charge in [-0.05, 0) is 41.4 Å². The molecule has 3 aromatic rings. The molecular formula is C20H23BrN6O2. The molecule has 0 unspecified atom stereocenters. The maximum absolute atomic E-state index is 12.5. The molecule has 1 aromatic carbocycles. The summed E-state index contributed by atoms with van der Waals surface area (Å²) in [5.74, 6) is 2.56. The van der Waals surface area contributed by atoms with Crippen LogP contribution in [-0.4, -0.2) is 63.2 Å². The maximum atomic E-state index is 12.5. The SMILES string of the molecule is Cc1cc(N2CCN(C(=O)CCCOc3ccccc3Br)CC2)n2ncnc2n1. The minimum Gasteiger partial charge on any atom is -0.492 e. The molecule has 1 aliphatic rings. The second-order valence-electron chi connectivity index (χ2n) is 6.98. The number of ether oxygens (including phenoxy) is 1. The molecule has 1 fully saturated rings. The van der Waals surface area contributed by atoms with Crippen LogP contribution in [0, 0.1) is 6.92 Å². The van der Waals surface area contributed by atoms with E-state index in [0.29, 0.717) is 38.3 Å². The van der Waals surface area contributed by atoms with Crippen LogP contribution >= 0.6 is 15.9 Å². The number of benzene rings is 1. The molecule has 0 saturated carbocycles. The fourth-order valence-electron chi connectivity index (χ4n) is 3.45. The Morgan fingerprint density at radius 3 is 2.79 bits per heavy atom.